The minimum absolute atomic E-state index is 0.277. The molecule has 0 aliphatic heterocycles. The van der Waals surface area contributed by atoms with Crippen molar-refractivity contribution >= 4 is 16.9 Å². The van der Waals surface area contributed by atoms with Crippen LogP contribution in [0, 0.1) is 5.82 Å². The summed E-state index contributed by atoms with van der Waals surface area (Å²) in [7, 11) is 0. The molecule has 0 aliphatic rings. The second-order valence-electron chi connectivity index (χ2n) is 6.01. The molecule has 26 heavy (non-hydrogen) atoms. The molecular formula is C20H18FN5. The molecule has 0 unspecified atom stereocenters. The van der Waals surface area contributed by atoms with Crippen LogP contribution in [-0.4, -0.2) is 26.3 Å². The highest BCUT2D eigenvalue weighted by Crippen LogP contribution is 2.21. The van der Waals surface area contributed by atoms with Crippen LogP contribution in [0.4, 0.5) is 10.2 Å². The zero-order valence-electron chi connectivity index (χ0n) is 14.1. The van der Waals surface area contributed by atoms with Gasteiger partial charge in [0.05, 0.1) is 17.3 Å². The van der Waals surface area contributed by atoms with Gasteiger partial charge in [-0.2, -0.15) is 5.10 Å². The van der Waals surface area contributed by atoms with Crippen molar-refractivity contribution < 1.29 is 4.39 Å². The van der Waals surface area contributed by atoms with Gasteiger partial charge in [0.1, 0.15) is 18.0 Å². The summed E-state index contributed by atoms with van der Waals surface area (Å²) < 4.78 is 14.8. The Morgan fingerprint density at radius 3 is 2.58 bits per heavy atom. The summed E-state index contributed by atoms with van der Waals surface area (Å²) in [5, 5.41) is 8.59. The third-order valence-corrected chi connectivity index (χ3v) is 4.21. The highest BCUT2D eigenvalue weighted by Gasteiger charge is 2.10. The fourth-order valence-electron chi connectivity index (χ4n) is 2.90. The molecule has 4 aromatic rings. The van der Waals surface area contributed by atoms with Crippen molar-refractivity contribution in [2.24, 2.45) is 0 Å². The molecule has 2 aromatic heterocycles. The monoisotopic (exact) mass is 347 g/mol. The fraction of sp³-hybridized carbons (Fsp3) is 0.150. The number of aryl methyl sites for hydroxylation is 1. The molecule has 130 valence electrons. The average molecular weight is 347 g/mol. The number of nitrogens with one attached hydrogen (secondary N) is 1. The van der Waals surface area contributed by atoms with E-state index >= 15 is 0 Å². The minimum atomic E-state index is -0.277. The van der Waals surface area contributed by atoms with Gasteiger partial charge in [-0.3, -0.25) is 0 Å². The molecule has 4 rings (SSSR count). The number of benzene rings is 2. The molecule has 2 aromatic carbocycles. The zero-order valence-corrected chi connectivity index (χ0v) is 14.1. The summed E-state index contributed by atoms with van der Waals surface area (Å²) >= 11 is 0. The first-order chi connectivity index (χ1) is 12.8. The Morgan fingerprint density at radius 1 is 0.962 bits per heavy atom. The van der Waals surface area contributed by atoms with Gasteiger partial charge in [-0.05, 0) is 42.7 Å². The summed E-state index contributed by atoms with van der Waals surface area (Å²) in [4.78, 5) is 8.67. The Labute approximate surface area is 150 Å². The number of hydrogen-bond donors (Lipinski definition) is 1. The van der Waals surface area contributed by atoms with E-state index in [0.717, 1.165) is 36.3 Å². The van der Waals surface area contributed by atoms with E-state index in [1.807, 2.05) is 6.07 Å². The van der Waals surface area contributed by atoms with Crippen molar-refractivity contribution in [1.29, 1.82) is 0 Å². The number of fused-ring (bicyclic) bond motifs is 1. The summed E-state index contributed by atoms with van der Waals surface area (Å²) in [5.41, 5.74) is 2.78. The van der Waals surface area contributed by atoms with Crippen molar-refractivity contribution in [2.45, 2.75) is 12.8 Å². The number of nitrogens with zero attached hydrogens (tertiary/aromatic N) is 4. The van der Waals surface area contributed by atoms with Crippen molar-refractivity contribution in [1.82, 2.24) is 19.7 Å². The van der Waals surface area contributed by atoms with Gasteiger partial charge >= 0.3 is 0 Å². The first-order valence-corrected chi connectivity index (χ1v) is 8.54. The molecule has 5 nitrogen and oxygen atoms in total. The molecule has 2 heterocycles. The van der Waals surface area contributed by atoms with Gasteiger partial charge in [0.15, 0.2) is 5.65 Å². The Morgan fingerprint density at radius 2 is 1.77 bits per heavy atom. The van der Waals surface area contributed by atoms with Crippen molar-refractivity contribution in [3.05, 3.63) is 78.5 Å². The van der Waals surface area contributed by atoms with Crippen LogP contribution in [0.2, 0.25) is 0 Å². The first-order valence-electron chi connectivity index (χ1n) is 8.54. The van der Waals surface area contributed by atoms with Crippen molar-refractivity contribution in [3.63, 3.8) is 0 Å². The zero-order chi connectivity index (χ0) is 17.8. The van der Waals surface area contributed by atoms with Gasteiger partial charge < -0.3 is 5.32 Å². The third kappa shape index (κ3) is 3.39. The Balaban J connectivity index is 1.49. The fourth-order valence-corrected chi connectivity index (χ4v) is 2.90. The van der Waals surface area contributed by atoms with E-state index in [1.54, 1.807) is 23.0 Å². The lowest BCUT2D eigenvalue weighted by atomic mass is 10.1. The molecular weight excluding hydrogens is 329 g/mol. The lowest BCUT2D eigenvalue weighted by Gasteiger charge is -2.07. The SMILES string of the molecule is Fc1ccc(-n2ncc3c(NCCCc4ccccc4)ncnc32)cc1. The normalized spacial score (nSPS) is 11.0. The molecule has 0 spiro atoms. The first kappa shape index (κ1) is 16.2. The van der Waals surface area contributed by atoms with Gasteiger partial charge in [-0.15, -0.1) is 0 Å². The Kier molecular flexibility index (Phi) is 4.55. The highest BCUT2D eigenvalue weighted by molar-refractivity contribution is 5.87. The van der Waals surface area contributed by atoms with Gasteiger partial charge in [-0.1, -0.05) is 30.3 Å². The van der Waals surface area contributed by atoms with E-state index in [2.05, 4.69) is 44.6 Å². The lowest BCUT2D eigenvalue weighted by Crippen LogP contribution is -2.05. The molecule has 0 aliphatic carbocycles. The molecule has 6 heteroatoms. The molecule has 0 bridgehead atoms. The van der Waals surface area contributed by atoms with Crippen LogP contribution in [0.1, 0.15) is 12.0 Å². The van der Waals surface area contributed by atoms with E-state index in [1.165, 1.54) is 24.0 Å². The van der Waals surface area contributed by atoms with Crippen molar-refractivity contribution in [3.8, 4) is 5.69 Å². The van der Waals surface area contributed by atoms with Gasteiger partial charge in [0.25, 0.3) is 0 Å². The molecule has 0 radical (unpaired) electrons. The second-order valence-corrected chi connectivity index (χ2v) is 6.01. The molecule has 0 fully saturated rings. The van der Waals surface area contributed by atoms with Crippen LogP contribution in [0.15, 0.2) is 67.1 Å². The maximum absolute atomic E-state index is 13.1. The van der Waals surface area contributed by atoms with Gasteiger partial charge in [0.2, 0.25) is 0 Å². The van der Waals surface area contributed by atoms with Crippen LogP contribution >= 0.6 is 0 Å². The van der Waals surface area contributed by atoms with Crippen LogP contribution in [0.3, 0.4) is 0 Å². The molecule has 0 saturated heterocycles. The van der Waals surface area contributed by atoms with Crippen LogP contribution in [-0.2, 0) is 6.42 Å². The number of halogens is 1. The van der Waals surface area contributed by atoms with Gasteiger partial charge in [0, 0.05) is 6.54 Å². The number of anilines is 1. The minimum Gasteiger partial charge on any atom is -0.369 e. The molecule has 0 amide bonds. The summed E-state index contributed by atoms with van der Waals surface area (Å²) in [6.45, 7) is 0.808. The van der Waals surface area contributed by atoms with Crippen LogP contribution < -0.4 is 5.32 Å². The van der Waals surface area contributed by atoms with E-state index in [-0.39, 0.29) is 5.82 Å². The summed E-state index contributed by atoms with van der Waals surface area (Å²) in [6, 6.07) is 16.6. The second kappa shape index (κ2) is 7.31. The average Bonchev–Trinajstić information content (AvgIpc) is 3.12. The smallest absolute Gasteiger partial charge is 0.168 e. The number of rotatable bonds is 6. The van der Waals surface area contributed by atoms with E-state index in [0.29, 0.717) is 5.65 Å². The lowest BCUT2D eigenvalue weighted by molar-refractivity contribution is 0.627. The molecule has 0 saturated carbocycles. The molecule has 0 atom stereocenters. The number of aromatic nitrogens is 4. The van der Waals surface area contributed by atoms with E-state index < -0.39 is 0 Å². The van der Waals surface area contributed by atoms with E-state index in [4.69, 9.17) is 0 Å². The third-order valence-electron chi connectivity index (χ3n) is 4.21. The summed E-state index contributed by atoms with van der Waals surface area (Å²) in [5.74, 6) is 0.483. The quantitative estimate of drug-likeness (QED) is 0.536. The topological polar surface area (TPSA) is 55.6 Å². The van der Waals surface area contributed by atoms with Crippen LogP contribution in [0.5, 0.6) is 0 Å². The highest BCUT2D eigenvalue weighted by atomic mass is 19.1. The maximum atomic E-state index is 13.1. The molecule has 1 N–H and O–H groups in total. The Bertz CT molecular complexity index is 996. The largest absolute Gasteiger partial charge is 0.369 e. The number of hydrogen-bond acceptors (Lipinski definition) is 4. The van der Waals surface area contributed by atoms with Crippen LogP contribution in [0.25, 0.3) is 16.7 Å². The Hall–Kier alpha value is -3.28. The predicted octanol–water partition coefficient (Wildman–Crippen LogP) is 4.00. The summed E-state index contributed by atoms with van der Waals surface area (Å²) in [6.07, 6.45) is 5.26. The van der Waals surface area contributed by atoms with E-state index in [9.17, 15) is 4.39 Å². The standard InChI is InChI=1S/C20H18FN5/c21-16-8-10-17(11-9-16)26-20-18(13-25-26)19(23-14-24-20)22-12-4-7-15-5-2-1-3-6-15/h1-3,5-6,8-11,13-14H,4,7,12H2,(H,22,23,24). The van der Waals surface area contributed by atoms with Crippen molar-refractivity contribution in [2.75, 3.05) is 11.9 Å². The van der Waals surface area contributed by atoms with Gasteiger partial charge in [-0.25, -0.2) is 19.0 Å². The predicted molar refractivity (Wildman–Crippen MR) is 99.9 cm³/mol. The maximum Gasteiger partial charge on any atom is 0.168 e.